The molecule has 18 heavy (non-hydrogen) atoms. The largest absolute Gasteiger partial charge is 0.488 e. The van der Waals surface area contributed by atoms with Crippen LogP contribution in [-0.4, -0.2) is 6.54 Å². The fourth-order valence-electron chi connectivity index (χ4n) is 1.59. The summed E-state index contributed by atoms with van der Waals surface area (Å²) in [5.74, 6) is 0.916. The second kappa shape index (κ2) is 6.92. The van der Waals surface area contributed by atoms with Gasteiger partial charge in [0, 0.05) is 15.9 Å². The van der Waals surface area contributed by atoms with Gasteiger partial charge in [-0.2, -0.15) is 0 Å². The molecule has 1 aromatic carbocycles. The molecule has 96 valence electrons. The molecule has 0 amide bonds. The van der Waals surface area contributed by atoms with Gasteiger partial charge in [-0.15, -0.1) is 11.3 Å². The van der Waals surface area contributed by atoms with Crippen molar-refractivity contribution < 1.29 is 4.74 Å². The lowest BCUT2D eigenvalue weighted by Gasteiger charge is -2.09. The zero-order valence-electron chi connectivity index (χ0n) is 10.3. The maximum atomic E-state index is 5.79. The Hall–Kier alpha value is -0.840. The molecule has 0 fully saturated rings. The van der Waals surface area contributed by atoms with E-state index in [-0.39, 0.29) is 0 Å². The topological polar surface area (TPSA) is 21.3 Å². The second-order valence-corrected chi connectivity index (χ2v) is 5.79. The van der Waals surface area contributed by atoms with E-state index in [1.807, 2.05) is 18.2 Å². The van der Waals surface area contributed by atoms with E-state index >= 15 is 0 Å². The Morgan fingerprint density at radius 1 is 1.33 bits per heavy atom. The van der Waals surface area contributed by atoms with Gasteiger partial charge in [0.1, 0.15) is 12.4 Å². The van der Waals surface area contributed by atoms with Crippen molar-refractivity contribution in [1.82, 2.24) is 5.32 Å². The van der Waals surface area contributed by atoms with Gasteiger partial charge in [-0.3, -0.25) is 0 Å². The number of thiophene rings is 1. The van der Waals surface area contributed by atoms with Gasteiger partial charge in [0.2, 0.25) is 0 Å². The van der Waals surface area contributed by atoms with Crippen LogP contribution < -0.4 is 10.1 Å². The average Bonchev–Trinajstić information content (AvgIpc) is 2.89. The molecule has 2 rings (SSSR count). The van der Waals surface area contributed by atoms with Crippen molar-refractivity contribution in [2.45, 2.75) is 20.1 Å². The monoisotopic (exact) mass is 325 g/mol. The van der Waals surface area contributed by atoms with Crippen LogP contribution in [0, 0.1) is 0 Å². The Kier molecular flexibility index (Phi) is 5.23. The first-order valence-electron chi connectivity index (χ1n) is 5.94. The van der Waals surface area contributed by atoms with Gasteiger partial charge in [0.25, 0.3) is 0 Å². The van der Waals surface area contributed by atoms with Gasteiger partial charge in [-0.05, 0) is 41.8 Å². The third-order valence-electron chi connectivity index (χ3n) is 2.54. The molecule has 0 aliphatic rings. The summed E-state index contributed by atoms with van der Waals surface area (Å²) in [5, 5.41) is 5.39. The van der Waals surface area contributed by atoms with Gasteiger partial charge < -0.3 is 10.1 Å². The highest BCUT2D eigenvalue weighted by Crippen LogP contribution is 2.23. The van der Waals surface area contributed by atoms with Crippen molar-refractivity contribution >= 4 is 27.3 Å². The molecular formula is C14H16BrNOS. The molecule has 0 saturated heterocycles. The summed E-state index contributed by atoms with van der Waals surface area (Å²) in [5.41, 5.74) is 1.22. The molecule has 0 aliphatic carbocycles. The van der Waals surface area contributed by atoms with Crippen molar-refractivity contribution in [2.24, 2.45) is 0 Å². The summed E-state index contributed by atoms with van der Waals surface area (Å²) in [6.45, 7) is 4.56. The van der Waals surface area contributed by atoms with Crippen LogP contribution >= 0.6 is 27.3 Å². The predicted molar refractivity (Wildman–Crippen MR) is 80.2 cm³/mol. The summed E-state index contributed by atoms with van der Waals surface area (Å²) in [4.78, 5) is 1.24. The van der Waals surface area contributed by atoms with Gasteiger partial charge >= 0.3 is 0 Å². The number of ether oxygens (including phenoxy) is 1. The van der Waals surface area contributed by atoms with Crippen molar-refractivity contribution in [3.63, 3.8) is 0 Å². The summed E-state index contributed by atoms with van der Waals surface area (Å²) in [6, 6.07) is 10.2. The van der Waals surface area contributed by atoms with Crippen LogP contribution in [0.4, 0.5) is 0 Å². The minimum atomic E-state index is 0.639. The minimum absolute atomic E-state index is 0.639. The van der Waals surface area contributed by atoms with Crippen LogP contribution in [0.2, 0.25) is 0 Å². The molecule has 1 heterocycles. The maximum Gasteiger partial charge on any atom is 0.122 e. The first-order chi connectivity index (χ1) is 8.79. The SMILES string of the molecule is CCNCc1cc(OCc2cccs2)ccc1Br. The van der Waals surface area contributed by atoms with E-state index in [1.54, 1.807) is 11.3 Å². The third-order valence-corrected chi connectivity index (χ3v) is 4.17. The normalized spacial score (nSPS) is 10.6. The lowest BCUT2D eigenvalue weighted by Crippen LogP contribution is -2.12. The molecule has 0 saturated carbocycles. The lowest BCUT2D eigenvalue weighted by molar-refractivity contribution is 0.309. The zero-order valence-corrected chi connectivity index (χ0v) is 12.7. The molecule has 0 spiro atoms. The lowest BCUT2D eigenvalue weighted by atomic mass is 10.2. The van der Waals surface area contributed by atoms with Crippen molar-refractivity contribution in [2.75, 3.05) is 6.54 Å². The molecule has 4 heteroatoms. The van der Waals surface area contributed by atoms with E-state index in [0.29, 0.717) is 6.61 Å². The molecule has 2 nitrogen and oxygen atoms in total. The fraction of sp³-hybridized carbons (Fsp3) is 0.286. The second-order valence-electron chi connectivity index (χ2n) is 3.90. The van der Waals surface area contributed by atoms with Gasteiger partial charge in [0.05, 0.1) is 0 Å². The highest BCUT2D eigenvalue weighted by atomic mass is 79.9. The number of benzene rings is 1. The van der Waals surface area contributed by atoms with Crippen LogP contribution in [0.3, 0.4) is 0 Å². The van der Waals surface area contributed by atoms with E-state index in [2.05, 4.69) is 45.7 Å². The highest BCUT2D eigenvalue weighted by Gasteiger charge is 2.03. The molecule has 0 aliphatic heterocycles. The Morgan fingerprint density at radius 2 is 2.22 bits per heavy atom. The summed E-state index contributed by atoms with van der Waals surface area (Å²) in [7, 11) is 0. The molecule has 0 unspecified atom stereocenters. The summed E-state index contributed by atoms with van der Waals surface area (Å²) in [6.07, 6.45) is 0. The Morgan fingerprint density at radius 3 is 2.94 bits per heavy atom. The molecule has 0 atom stereocenters. The number of halogens is 1. The van der Waals surface area contributed by atoms with Crippen molar-refractivity contribution in [3.8, 4) is 5.75 Å². The van der Waals surface area contributed by atoms with E-state index < -0.39 is 0 Å². The van der Waals surface area contributed by atoms with E-state index in [0.717, 1.165) is 23.3 Å². The predicted octanol–water partition coefficient (Wildman–Crippen LogP) is 4.20. The van der Waals surface area contributed by atoms with Crippen LogP contribution in [0.15, 0.2) is 40.2 Å². The average molecular weight is 326 g/mol. The van der Waals surface area contributed by atoms with Gasteiger partial charge in [-0.1, -0.05) is 28.9 Å². The smallest absolute Gasteiger partial charge is 0.122 e. The first kappa shape index (κ1) is 13.6. The van der Waals surface area contributed by atoms with Crippen LogP contribution in [0.1, 0.15) is 17.4 Å². The fourth-order valence-corrected chi connectivity index (χ4v) is 2.59. The van der Waals surface area contributed by atoms with Crippen LogP contribution in [-0.2, 0) is 13.2 Å². The number of hydrogen-bond acceptors (Lipinski definition) is 3. The third kappa shape index (κ3) is 3.83. The van der Waals surface area contributed by atoms with Gasteiger partial charge in [0.15, 0.2) is 0 Å². The Labute approximate surface area is 120 Å². The molecule has 2 aromatic rings. The summed E-state index contributed by atoms with van der Waals surface area (Å²) < 4.78 is 6.91. The molecule has 0 bridgehead atoms. The first-order valence-corrected chi connectivity index (χ1v) is 7.61. The maximum absolute atomic E-state index is 5.79. The Balaban J connectivity index is 2.00. The highest BCUT2D eigenvalue weighted by molar-refractivity contribution is 9.10. The zero-order chi connectivity index (χ0) is 12.8. The van der Waals surface area contributed by atoms with Crippen molar-refractivity contribution in [1.29, 1.82) is 0 Å². The molecule has 0 radical (unpaired) electrons. The molecular weight excluding hydrogens is 310 g/mol. The van der Waals surface area contributed by atoms with Gasteiger partial charge in [-0.25, -0.2) is 0 Å². The van der Waals surface area contributed by atoms with Crippen molar-refractivity contribution in [3.05, 3.63) is 50.6 Å². The van der Waals surface area contributed by atoms with E-state index in [9.17, 15) is 0 Å². The van der Waals surface area contributed by atoms with E-state index in [4.69, 9.17) is 4.74 Å². The summed E-state index contributed by atoms with van der Waals surface area (Å²) >= 11 is 5.27. The Bertz CT molecular complexity index is 485. The quantitative estimate of drug-likeness (QED) is 0.859. The number of nitrogens with one attached hydrogen (secondary N) is 1. The van der Waals surface area contributed by atoms with Crippen LogP contribution in [0.25, 0.3) is 0 Å². The minimum Gasteiger partial charge on any atom is -0.488 e. The number of rotatable bonds is 6. The molecule has 1 N–H and O–H groups in total. The van der Waals surface area contributed by atoms with E-state index in [1.165, 1.54) is 10.4 Å². The molecule has 1 aromatic heterocycles. The number of hydrogen-bond donors (Lipinski definition) is 1. The van der Waals surface area contributed by atoms with Crippen LogP contribution in [0.5, 0.6) is 5.75 Å². The standard InChI is InChI=1S/C14H16BrNOS/c1-2-16-9-11-8-12(5-6-14(11)15)17-10-13-4-3-7-18-13/h3-8,16H,2,9-10H2,1H3.